The molecule has 0 heterocycles. The molecule has 0 aromatic rings. The second kappa shape index (κ2) is 3.87. The summed E-state index contributed by atoms with van der Waals surface area (Å²) >= 11 is 5.40. The predicted octanol–water partition coefficient (Wildman–Crippen LogP) is 1.78. The molecule has 74 valence electrons. The molecule has 3 atom stereocenters. The molecule has 2 aliphatic carbocycles. The van der Waals surface area contributed by atoms with Crippen molar-refractivity contribution in [1.29, 1.82) is 0 Å². The summed E-state index contributed by atoms with van der Waals surface area (Å²) in [5.41, 5.74) is 0. The van der Waals surface area contributed by atoms with Crippen molar-refractivity contribution in [2.24, 2.45) is 17.8 Å². The van der Waals surface area contributed by atoms with Crippen LogP contribution in [0.25, 0.3) is 0 Å². The number of fused-ring (bicyclic) bond motifs is 2. The Balaban J connectivity index is 1.74. The molecule has 13 heavy (non-hydrogen) atoms. The molecule has 0 radical (unpaired) electrons. The Hall–Kier alpha value is -0.240. The van der Waals surface area contributed by atoms with E-state index < -0.39 is 0 Å². The van der Waals surface area contributed by atoms with Gasteiger partial charge in [0, 0.05) is 6.54 Å². The summed E-state index contributed by atoms with van der Waals surface area (Å²) in [5, 5.41) is 2.89. The normalized spacial score (nSPS) is 36.5. The highest BCUT2D eigenvalue weighted by Crippen LogP contribution is 2.47. The highest BCUT2D eigenvalue weighted by molar-refractivity contribution is 6.27. The third-order valence-electron chi connectivity index (χ3n) is 3.57. The van der Waals surface area contributed by atoms with Gasteiger partial charge in [0.05, 0.1) is 0 Å². The van der Waals surface area contributed by atoms with E-state index in [1.165, 1.54) is 25.7 Å². The Labute approximate surface area is 84.0 Å². The van der Waals surface area contributed by atoms with Gasteiger partial charge in [-0.05, 0) is 37.0 Å². The third kappa shape index (κ3) is 1.98. The first kappa shape index (κ1) is 9.32. The van der Waals surface area contributed by atoms with E-state index in [1.54, 1.807) is 0 Å². The van der Waals surface area contributed by atoms with Gasteiger partial charge in [-0.25, -0.2) is 0 Å². The standard InChI is InChI=1S/C10H16ClNO/c11-5-10(13)12-6-9-4-7-1-2-8(9)3-7/h7-9H,1-6H2,(H,12,13)/t7-,8-,9+/m0/s1. The number of rotatable bonds is 3. The molecule has 3 heteroatoms. The van der Waals surface area contributed by atoms with Gasteiger partial charge in [0.15, 0.2) is 0 Å². The van der Waals surface area contributed by atoms with E-state index in [0.717, 1.165) is 24.3 Å². The smallest absolute Gasteiger partial charge is 0.234 e. The third-order valence-corrected chi connectivity index (χ3v) is 3.81. The zero-order chi connectivity index (χ0) is 9.26. The van der Waals surface area contributed by atoms with E-state index >= 15 is 0 Å². The van der Waals surface area contributed by atoms with Crippen LogP contribution >= 0.6 is 11.6 Å². The van der Waals surface area contributed by atoms with Gasteiger partial charge in [-0.2, -0.15) is 0 Å². The Morgan fingerprint density at radius 3 is 2.77 bits per heavy atom. The average molecular weight is 202 g/mol. The van der Waals surface area contributed by atoms with Crippen molar-refractivity contribution < 1.29 is 4.79 Å². The maximum absolute atomic E-state index is 10.9. The van der Waals surface area contributed by atoms with Crippen LogP contribution in [0, 0.1) is 17.8 Å². The number of halogens is 1. The number of nitrogens with one attached hydrogen (secondary N) is 1. The lowest BCUT2D eigenvalue weighted by atomic mass is 9.89. The highest BCUT2D eigenvalue weighted by Gasteiger charge is 2.39. The Morgan fingerprint density at radius 2 is 2.23 bits per heavy atom. The molecule has 0 saturated heterocycles. The van der Waals surface area contributed by atoms with Crippen LogP contribution in [0.15, 0.2) is 0 Å². The summed E-state index contributed by atoms with van der Waals surface area (Å²) in [5.74, 6) is 2.67. The molecule has 1 amide bonds. The molecule has 2 bridgehead atoms. The van der Waals surface area contributed by atoms with Crippen molar-refractivity contribution in [3.63, 3.8) is 0 Å². The van der Waals surface area contributed by atoms with E-state index in [4.69, 9.17) is 11.6 Å². The maximum Gasteiger partial charge on any atom is 0.234 e. The van der Waals surface area contributed by atoms with Gasteiger partial charge in [-0.15, -0.1) is 11.6 Å². The molecule has 2 rings (SSSR count). The molecule has 0 aliphatic heterocycles. The van der Waals surface area contributed by atoms with Crippen molar-refractivity contribution in [2.45, 2.75) is 25.7 Å². The topological polar surface area (TPSA) is 29.1 Å². The molecule has 2 fully saturated rings. The van der Waals surface area contributed by atoms with E-state index in [-0.39, 0.29) is 11.8 Å². The number of hydrogen-bond donors (Lipinski definition) is 1. The predicted molar refractivity (Wildman–Crippen MR) is 52.7 cm³/mol. The fraction of sp³-hybridized carbons (Fsp3) is 0.900. The quantitative estimate of drug-likeness (QED) is 0.693. The lowest BCUT2D eigenvalue weighted by molar-refractivity contribution is -0.118. The number of carbonyl (C=O) groups is 1. The van der Waals surface area contributed by atoms with E-state index in [9.17, 15) is 4.79 Å². The van der Waals surface area contributed by atoms with E-state index in [0.29, 0.717) is 0 Å². The first-order valence-corrected chi connectivity index (χ1v) is 5.65. The molecule has 2 saturated carbocycles. The molecule has 0 unspecified atom stereocenters. The zero-order valence-electron chi connectivity index (χ0n) is 7.76. The minimum Gasteiger partial charge on any atom is -0.355 e. The van der Waals surface area contributed by atoms with E-state index in [2.05, 4.69) is 5.32 Å². The average Bonchev–Trinajstić information content (AvgIpc) is 2.74. The number of amides is 1. The van der Waals surface area contributed by atoms with Crippen molar-refractivity contribution >= 4 is 17.5 Å². The highest BCUT2D eigenvalue weighted by atomic mass is 35.5. The van der Waals surface area contributed by atoms with Gasteiger partial charge in [-0.3, -0.25) is 4.79 Å². The monoisotopic (exact) mass is 201 g/mol. The van der Waals surface area contributed by atoms with Crippen LogP contribution in [0.5, 0.6) is 0 Å². The summed E-state index contributed by atoms with van der Waals surface area (Å²) in [7, 11) is 0. The summed E-state index contributed by atoms with van der Waals surface area (Å²) in [6.45, 7) is 0.854. The number of alkyl halides is 1. The largest absolute Gasteiger partial charge is 0.355 e. The molecule has 1 N–H and O–H groups in total. The molecular weight excluding hydrogens is 186 g/mol. The molecule has 0 aromatic heterocycles. The minimum absolute atomic E-state index is 0.0237. The summed E-state index contributed by atoms with van der Waals surface area (Å²) in [6.07, 6.45) is 5.53. The molecule has 2 aliphatic rings. The van der Waals surface area contributed by atoms with Crippen LogP contribution in [0.4, 0.5) is 0 Å². The van der Waals surface area contributed by atoms with Crippen LogP contribution in [0.1, 0.15) is 25.7 Å². The first-order chi connectivity index (χ1) is 6.29. The minimum atomic E-state index is -0.0237. The molecule has 2 nitrogen and oxygen atoms in total. The zero-order valence-corrected chi connectivity index (χ0v) is 8.52. The van der Waals surface area contributed by atoms with Gasteiger partial charge >= 0.3 is 0 Å². The van der Waals surface area contributed by atoms with Gasteiger partial charge in [-0.1, -0.05) is 6.42 Å². The van der Waals surface area contributed by atoms with Crippen LogP contribution < -0.4 is 5.32 Å². The molecular formula is C10H16ClNO. The lowest BCUT2D eigenvalue weighted by Crippen LogP contribution is -2.32. The van der Waals surface area contributed by atoms with Crippen molar-refractivity contribution in [3.8, 4) is 0 Å². The van der Waals surface area contributed by atoms with Crippen LogP contribution in [-0.4, -0.2) is 18.3 Å². The summed E-state index contributed by atoms with van der Waals surface area (Å²) in [4.78, 5) is 10.9. The Bertz CT molecular complexity index is 207. The fourth-order valence-corrected chi connectivity index (χ4v) is 3.01. The Morgan fingerprint density at radius 1 is 1.38 bits per heavy atom. The van der Waals surface area contributed by atoms with Crippen molar-refractivity contribution in [3.05, 3.63) is 0 Å². The van der Waals surface area contributed by atoms with Crippen LogP contribution in [0.2, 0.25) is 0 Å². The van der Waals surface area contributed by atoms with Gasteiger partial charge < -0.3 is 5.32 Å². The maximum atomic E-state index is 10.9. The lowest BCUT2D eigenvalue weighted by Gasteiger charge is -2.21. The van der Waals surface area contributed by atoms with Crippen LogP contribution in [-0.2, 0) is 4.79 Å². The Kier molecular flexibility index (Phi) is 2.77. The van der Waals surface area contributed by atoms with Crippen molar-refractivity contribution in [2.75, 3.05) is 12.4 Å². The van der Waals surface area contributed by atoms with Gasteiger partial charge in [0.1, 0.15) is 5.88 Å². The first-order valence-electron chi connectivity index (χ1n) is 5.12. The second-order valence-electron chi connectivity index (χ2n) is 4.37. The summed E-state index contributed by atoms with van der Waals surface area (Å²) < 4.78 is 0. The van der Waals surface area contributed by atoms with Crippen molar-refractivity contribution in [1.82, 2.24) is 5.32 Å². The number of hydrogen-bond acceptors (Lipinski definition) is 1. The van der Waals surface area contributed by atoms with Gasteiger partial charge in [0.25, 0.3) is 0 Å². The van der Waals surface area contributed by atoms with E-state index in [1.807, 2.05) is 0 Å². The van der Waals surface area contributed by atoms with Crippen LogP contribution in [0.3, 0.4) is 0 Å². The molecule has 0 aromatic carbocycles. The van der Waals surface area contributed by atoms with Gasteiger partial charge in [0.2, 0.25) is 5.91 Å². The second-order valence-corrected chi connectivity index (χ2v) is 4.64. The summed E-state index contributed by atoms with van der Waals surface area (Å²) in [6, 6.07) is 0. The molecule has 0 spiro atoms. The SMILES string of the molecule is O=C(CCl)NC[C@H]1C[C@H]2CC[C@H]1C2. The number of carbonyl (C=O) groups excluding carboxylic acids is 1. The fourth-order valence-electron chi connectivity index (χ4n) is 2.92.